The molecule has 2 nitrogen and oxygen atoms in total. The molecule has 2 heterocycles. The zero-order chi connectivity index (χ0) is 10.8. The van der Waals surface area contributed by atoms with Crippen molar-refractivity contribution in [2.24, 2.45) is 0 Å². The molecule has 3 heteroatoms. The van der Waals surface area contributed by atoms with Crippen LogP contribution in [0.3, 0.4) is 0 Å². The lowest BCUT2D eigenvalue weighted by Gasteiger charge is -2.39. The fourth-order valence-corrected chi connectivity index (χ4v) is 4.84. The largest absolute Gasteiger partial charge is 0.374 e. The van der Waals surface area contributed by atoms with E-state index in [2.05, 4.69) is 17.1 Å². The number of hydrogen-bond donors (Lipinski definition) is 1. The summed E-state index contributed by atoms with van der Waals surface area (Å²) in [7, 11) is 0. The second-order valence-corrected chi connectivity index (χ2v) is 6.78. The molecule has 2 saturated heterocycles. The first kappa shape index (κ1) is 11.4. The molecule has 3 aliphatic rings. The van der Waals surface area contributed by atoms with Gasteiger partial charge in [0.05, 0.1) is 5.60 Å². The van der Waals surface area contributed by atoms with Gasteiger partial charge in [-0.3, -0.25) is 0 Å². The van der Waals surface area contributed by atoms with Gasteiger partial charge in [-0.2, -0.15) is 11.8 Å². The molecule has 2 unspecified atom stereocenters. The van der Waals surface area contributed by atoms with Crippen LogP contribution in [0, 0.1) is 0 Å². The highest BCUT2D eigenvalue weighted by atomic mass is 32.2. The molecule has 0 aromatic heterocycles. The zero-order valence-corrected chi connectivity index (χ0v) is 10.9. The van der Waals surface area contributed by atoms with Crippen LogP contribution in [0.4, 0.5) is 0 Å². The molecule has 1 spiro atoms. The Morgan fingerprint density at radius 3 is 2.75 bits per heavy atom. The van der Waals surface area contributed by atoms with E-state index in [-0.39, 0.29) is 5.60 Å². The lowest BCUT2D eigenvalue weighted by atomic mass is 9.89. The molecule has 1 aliphatic carbocycles. The standard InChI is InChI=1S/C13H23NOS/c1-2-4-11(3-1)14-12-5-7-15-13(9-12)6-8-16-10-13/h11-12,14H,1-10H2. The minimum absolute atomic E-state index is 0.249. The van der Waals surface area contributed by atoms with Gasteiger partial charge in [0.15, 0.2) is 0 Å². The predicted molar refractivity (Wildman–Crippen MR) is 69.0 cm³/mol. The Hall–Kier alpha value is 0.270. The number of rotatable bonds is 2. The van der Waals surface area contributed by atoms with Crippen molar-refractivity contribution in [2.45, 2.75) is 62.6 Å². The van der Waals surface area contributed by atoms with E-state index in [0.717, 1.165) is 18.7 Å². The van der Waals surface area contributed by atoms with E-state index in [1.54, 1.807) is 0 Å². The Kier molecular flexibility index (Phi) is 3.46. The molecule has 0 aromatic carbocycles. The van der Waals surface area contributed by atoms with Crippen LogP contribution in [-0.4, -0.2) is 35.8 Å². The first-order valence-corrected chi connectivity index (χ1v) is 8.00. The molecule has 0 amide bonds. The maximum Gasteiger partial charge on any atom is 0.0795 e. The summed E-state index contributed by atoms with van der Waals surface area (Å²) in [5, 5.41) is 3.88. The molecule has 3 rings (SSSR count). The summed E-state index contributed by atoms with van der Waals surface area (Å²) in [5.74, 6) is 2.53. The molecular formula is C13H23NOS. The number of ether oxygens (including phenoxy) is 1. The first-order chi connectivity index (χ1) is 7.86. The normalized spacial score (nSPS) is 40.9. The molecule has 92 valence electrons. The van der Waals surface area contributed by atoms with E-state index in [0.29, 0.717) is 0 Å². The molecule has 0 aromatic rings. The van der Waals surface area contributed by atoms with Crippen molar-refractivity contribution in [3.63, 3.8) is 0 Å². The summed E-state index contributed by atoms with van der Waals surface area (Å²) >= 11 is 2.07. The molecular weight excluding hydrogens is 218 g/mol. The number of hydrogen-bond acceptors (Lipinski definition) is 3. The molecule has 2 aliphatic heterocycles. The van der Waals surface area contributed by atoms with E-state index in [4.69, 9.17) is 4.74 Å². The van der Waals surface area contributed by atoms with Crippen LogP contribution in [-0.2, 0) is 4.74 Å². The zero-order valence-electron chi connectivity index (χ0n) is 10.0. The lowest BCUT2D eigenvalue weighted by molar-refractivity contribution is -0.0712. The van der Waals surface area contributed by atoms with Gasteiger partial charge in [-0.1, -0.05) is 12.8 Å². The summed E-state index contributed by atoms with van der Waals surface area (Å²) in [5.41, 5.74) is 0.249. The maximum absolute atomic E-state index is 6.06. The maximum atomic E-state index is 6.06. The van der Waals surface area contributed by atoms with Crippen LogP contribution >= 0.6 is 11.8 Å². The van der Waals surface area contributed by atoms with Crippen molar-refractivity contribution >= 4 is 11.8 Å². The Bertz CT molecular complexity index is 234. The molecule has 0 radical (unpaired) electrons. The van der Waals surface area contributed by atoms with Crippen LogP contribution < -0.4 is 5.32 Å². The topological polar surface area (TPSA) is 21.3 Å². The van der Waals surface area contributed by atoms with E-state index in [1.807, 2.05) is 0 Å². The van der Waals surface area contributed by atoms with Crippen molar-refractivity contribution in [3.05, 3.63) is 0 Å². The van der Waals surface area contributed by atoms with Crippen LogP contribution in [0.2, 0.25) is 0 Å². The van der Waals surface area contributed by atoms with E-state index >= 15 is 0 Å². The van der Waals surface area contributed by atoms with E-state index in [1.165, 1.54) is 56.5 Å². The molecule has 0 bridgehead atoms. The van der Waals surface area contributed by atoms with Gasteiger partial charge in [-0.15, -0.1) is 0 Å². The van der Waals surface area contributed by atoms with Gasteiger partial charge in [0.1, 0.15) is 0 Å². The average Bonchev–Trinajstić information content (AvgIpc) is 2.91. The van der Waals surface area contributed by atoms with Crippen molar-refractivity contribution in [1.82, 2.24) is 5.32 Å². The second kappa shape index (κ2) is 4.87. The van der Waals surface area contributed by atoms with Gasteiger partial charge in [0.25, 0.3) is 0 Å². The smallest absolute Gasteiger partial charge is 0.0795 e. The van der Waals surface area contributed by atoms with E-state index < -0.39 is 0 Å². The third-order valence-electron chi connectivity index (χ3n) is 4.39. The fourth-order valence-electron chi connectivity index (χ4n) is 3.46. The Labute approximate surface area is 103 Å². The first-order valence-electron chi connectivity index (χ1n) is 6.84. The average molecular weight is 241 g/mol. The molecule has 1 saturated carbocycles. The van der Waals surface area contributed by atoms with Crippen molar-refractivity contribution in [1.29, 1.82) is 0 Å². The van der Waals surface area contributed by atoms with Gasteiger partial charge in [-0.25, -0.2) is 0 Å². The molecule has 16 heavy (non-hydrogen) atoms. The summed E-state index contributed by atoms with van der Waals surface area (Å²) in [6, 6.07) is 1.55. The highest BCUT2D eigenvalue weighted by Gasteiger charge is 2.40. The number of nitrogens with one attached hydrogen (secondary N) is 1. The molecule has 2 atom stereocenters. The number of thioether (sulfide) groups is 1. The third-order valence-corrected chi connectivity index (χ3v) is 5.61. The van der Waals surface area contributed by atoms with Gasteiger partial charge in [-0.05, 0) is 37.9 Å². The van der Waals surface area contributed by atoms with Crippen molar-refractivity contribution < 1.29 is 4.74 Å². The fraction of sp³-hybridized carbons (Fsp3) is 1.00. The van der Waals surface area contributed by atoms with Gasteiger partial charge in [0, 0.05) is 24.4 Å². The monoisotopic (exact) mass is 241 g/mol. The Morgan fingerprint density at radius 2 is 2.00 bits per heavy atom. The highest BCUT2D eigenvalue weighted by molar-refractivity contribution is 7.99. The van der Waals surface area contributed by atoms with Crippen LogP contribution in [0.5, 0.6) is 0 Å². The Morgan fingerprint density at radius 1 is 1.12 bits per heavy atom. The van der Waals surface area contributed by atoms with E-state index in [9.17, 15) is 0 Å². The Balaban J connectivity index is 1.55. The predicted octanol–water partition coefficient (Wildman–Crippen LogP) is 2.57. The van der Waals surface area contributed by atoms with Crippen LogP contribution in [0.15, 0.2) is 0 Å². The molecule has 3 fully saturated rings. The SMILES string of the molecule is C1CCC(NC2CCOC3(CCSC3)C2)C1. The minimum Gasteiger partial charge on any atom is -0.374 e. The van der Waals surface area contributed by atoms with Gasteiger partial charge in [0.2, 0.25) is 0 Å². The highest BCUT2D eigenvalue weighted by Crippen LogP contribution is 2.38. The second-order valence-electron chi connectivity index (χ2n) is 5.67. The summed E-state index contributed by atoms with van der Waals surface area (Å²) in [6.45, 7) is 0.977. The summed E-state index contributed by atoms with van der Waals surface area (Å²) in [6.07, 6.45) is 9.43. The summed E-state index contributed by atoms with van der Waals surface area (Å²) < 4.78 is 6.06. The van der Waals surface area contributed by atoms with Gasteiger partial charge < -0.3 is 10.1 Å². The third kappa shape index (κ3) is 2.41. The summed E-state index contributed by atoms with van der Waals surface area (Å²) in [4.78, 5) is 0. The lowest BCUT2D eigenvalue weighted by Crippen LogP contribution is -2.49. The molecule has 1 N–H and O–H groups in total. The van der Waals surface area contributed by atoms with Gasteiger partial charge >= 0.3 is 0 Å². The van der Waals surface area contributed by atoms with Crippen LogP contribution in [0.25, 0.3) is 0 Å². The minimum atomic E-state index is 0.249. The van der Waals surface area contributed by atoms with Crippen molar-refractivity contribution in [2.75, 3.05) is 18.1 Å². The van der Waals surface area contributed by atoms with Crippen molar-refractivity contribution in [3.8, 4) is 0 Å². The van der Waals surface area contributed by atoms with Crippen LogP contribution in [0.1, 0.15) is 44.9 Å². The quantitative estimate of drug-likeness (QED) is 0.803.